The van der Waals surface area contributed by atoms with Crippen LogP contribution in [0.4, 0.5) is 0 Å². The molecule has 2 N–H and O–H groups in total. The van der Waals surface area contributed by atoms with E-state index in [9.17, 15) is 4.79 Å². The quantitative estimate of drug-likeness (QED) is 0.878. The molecule has 3 nitrogen and oxygen atoms in total. The van der Waals surface area contributed by atoms with Gasteiger partial charge < -0.3 is 10.6 Å². The van der Waals surface area contributed by atoms with E-state index >= 15 is 0 Å². The molecular formula is C11H12N2OS3. The van der Waals surface area contributed by atoms with Gasteiger partial charge in [-0.25, -0.2) is 0 Å². The number of nitrogens with two attached hydrogens (primary N) is 1. The average Bonchev–Trinajstić information content (AvgIpc) is 2.84. The number of hydrogen-bond acceptors (Lipinski definition) is 4. The van der Waals surface area contributed by atoms with Crippen LogP contribution in [0.25, 0.3) is 9.40 Å². The van der Waals surface area contributed by atoms with Gasteiger partial charge in [0.1, 0.15) is 0 Å². The number of rotatable bonds is 4. The topological polar surface area (TPSA) is 46.3 Å². The Balaban J connectivity index is 2.23. The molecule has 0 spiro atoms. The van der Waals surface area contributed by atoms with E-state index < -0.39 is 0 Å². The minimum atomic E-state index is 0.00806. The Morgan fingerprint density at radius 2 is 2.29 bits per heavy atom. The van der Waals surface area contributed by atoms with E-state index in [4.69, 9.17) is 18.0 Å². The fourth-order valence-corrected chi connectivity index (χ4v) is 3.77. The second kappa shape index (κ2) is 5.12. The number of carbonyl (C=O) groups excluding carboxylic acids is 1. The fourth-order valence-electron chi connectivity index (χ4n) is 1.54. The summed E-state index contributed by atoms with van der Waals surface area (Å²) in [6, 6.07) is 3.97. The minimum absolute atomic E-state index is 0.00806. The zero-order valence-electron chi connectivity index (χ0n) is 9.30. The number of fused-ring (bicyclic) bond motifs is 1. The molecule has 0 aliphatic carbocycles. The monoisotopic (exact) mass is 284 g/mol. The van der Waals surface area contributed by atoms with E-state index in [1.165, 1.54) is 11.3 Å². The molecule has 0 unspecified atom stereocenters. The SMILES string of the molecule is CCN(CC(N)=S)C(=O)c1cc2sccc2s1. The second-order valence-corrected chi connectivity index (χ2v) is 6.10. The first kappa shape index (κ1) is 12.5. The number of amides is 1. The third-order valence-corrected chi connectivity index (χ3v) is 4.58. The number of nitrogens with zero attached hydrogens (tertiary/aromatic N) is 1. The van der Waals surface area contributed by atoms with Crippen LogP contribution in [-0.4, -0.2) is 28.9 Å². The first-order chi connectivity index (χ1) is 8.11. The van der Waals surface area contributed by atoms with Crippen LogP contribution in [0.2, 0.25) is 0 Å². The van der Waals surface area contributed by atoms with Gasteiger partial charge in [-0.2, -0.15) is 0 Å². The summed E-state index contributed by atoms with van der Waals surface area (Å²) in [7, 11) is 0. The Bertz CT molecular complexity index is 529. The van der Waals surface area contributed by atoms with Crippen molar-refractivity contribution in [3.63, 3.8) is 0 Å². The highest BCUT2D eigenvalue weighted by molar-refractivity contribution is 7.80. The summed E-state index contributed by atoms with van der Waals surface area (Å²) >= 11 is 8.01. The van der Waals surface area contributed by atoms with E-state index in [0.29, 0.717) is 18.1 Å². The predicted molar refractivity (Wildman–Crippen MR) is 78.1 cm³/mol. The van der Waals surface area contributed by atoms with Gasteiger partial charge in [-0.15, -0.1) is 22.7 Å². The lowest BCUT2D eigenvalue weighted by Gasteiger charge is -2.18. The van der Waals surface area contributed by atoms with Crippen molar-refractivity contribution < 1.29 is 4.79 Å². The summed E-state index contributed by atoms with van der Waals surface area (Å²) in [5, 5.41) is 2.03. The molecule has 2 aromatic heterocycles. The number of hydrogen-bond donors (Lipinski definition) is 1. The van der Waals surface area contributed by atoms with Crippen molar-refractivity contribution in [2.45, 2.75) is 6.92 Å². The van der Waals surface area contributed by atoms with E-state index in [1.54, 1.807) is 16.2 Å². The molecule has 0 aliphatic rings. The van der Waals surface area contributed by atoms with Gasteiger partial charge in [-0.1, -0.05) is 12.2 Å². The van der Waals surface area contributed by atoms with Gasteiger partial charge >= 0.3 is 0 Å². The zero-order valence-corrected chi connectivity index (χ0v) is 11.8. The van der Waals surface area contributed by atoms with Crippen molar-refractivity contribution in [2.24, 2.45) is 5.73 Å². The van der Waals surface area contributed by atoms with Gasteiger partial charge in [0.15, 0.2) is 0 Å². The molecule has 0 bridgehead atoms. The third kappa shape index (κ3) is 2.65. The largest absolute Gasteiger partial charge is 0.392 e. The molecule has 0 saturated heterocycles. The Morgan fingerprint density at radius 3 is 2.88 bits per heavy atom. The van der Waals surface area contributed by atoms with Gasteiger partial charge in [-0.05, 0) is 24.4 Å². The first-order valence-corrected chi connectivity index (χ1v) is 7.27. The average molecular weight is 284 g/mol. The Labute approximate surface area is 113 Å². The van der Waals surface area contributed by atoms with Crippen LogP contribution in [0.15, 0.2) is 17.5 Å². The molecule has 6 heteroatoms. The van der Waals surface area contributed by atoms with Crippen LogP contribution in [0.5, 0.6) is 0 Å². The maximum Gasteiger partial charge on any atom is 0.264 e. The molecule has 0 saturated carbocycles. The lowest BCUT2D eigenvalue weighted by molar-refractivity contribution is 0.0793. The molecule has 0 radical (unpaired) electrons. The van der Waals surface area contributed by atoms with Crippen LogP contribution < -0.4 is 5.73 Å². The van der Waals surface area contributed by atoms with Gasteiger partial charge in [0.05, 0.1) is 16.4 Å². The molecule has 0 fully saturated rings. The predicted octanol–water partition coefficient (Wildman–Crippen LogP) is 2.71. The molecule has 2 aromatic rings. The molecule has 0 aliphatic heterocycles. The van der Waals surface area contributed by atoms with E-state index in [0.717, 1.165) is 14.3 Å². The number of thiocarbonyl (C=S) groups is 1. The van der Waals surface area contributed by atoms with Crippen LogP contribution in [0.3, 0.4) is 0 Å². The fraction of sp³-hybridized carbons (Fsp3) is 0.273. The molecule has 2 rings (SSSR count). The summed E-state index contributed by atoms with van der Waals surface area (Å²) in [4.78, 5) is 15.0. The van der Waals surface area contributed by atoms with Gasteiger partial charge in [0, 0.05) is 15.9 Å². The normalized spacial score (nSPS) is 10.6. The summed E-state index contributed by atoms with van der Waals surface area (Å²) in [6.45, 7) is 2.88. The molecule has 17 heavy (non-hydrogen) atoms. The van der Waals surface area contributed by atoms with E-state index in [2.05, 4.69) is 0 Å². The summed E-state index contributed by atoms with van der Waals surface area (Å²) in [5.41, 5.74) is 5.48. The highest BCUT2D eigenvalue weighted by atomic mass is 32.1. The van der Waals surface area contributed by atoms with Crippen molar-refractivity contribution >= 4 is 55.2 Å². The van der Waals surface area contributed by atoms with Gasteiger partial charge in [0.2, 0.25) is 0 Å². The number of thiophene rings is 2. The van der Waals surface area contributed by atoms with Crippen LogP contribution in [0, 0.1) is 0 Å². The first-order valence-electron chi connectivity index (χ1n) is 5.16. The van der Waals surface area contributed by atoms with Gasteiger partial charge in [-0.3, -0.25) is 4.79 Å². The zero-order chi connectivity index (χ0) is 12.4. The molecule has 0 aromatic carbocycles. The summed E-state index contributed by atoms with van der Waals surface area (Å²) in [6.07, 6.45) is 0. The smallest absolute Gasteiger partial charge is 0.264 e. The second-order valence-electron chi connectivity index (χ2n) is 3.55. The van der Waals surface area contributed by atoms with Crippen LogP contribution >= 0.6 is 34.9 Å². The third-order valence-electron chi connectivity index (χ3n) is 2.37. The minimum Gasteiger partial charge on any atom is -0.392 e. The van der Waals surface area contributed by atoms with Crippen molar-refractivity contribution in [3.8, 4) is 0 Å². The van der Waals surface area contributed by atoms with Crippen LogP contribution in [-0.2, 0) is 0 Å². The van der Waals surface area contributed by atoms with Crippen molar-refractivity contribution in [3.05, 3.63) is 22.4 Å². The molecular weight excluding hydrogens is 272 g/mol. The summed E-state index contributed by atoms with van der Waals surface area (Å²) in [5.74, 6) is 0.00806. The van der Waals surface area contributed by atoms with Crippen molar-refractivity contribution in [1.82, 2.24) is 4.90 Å². The van der Waals surface area contributed by atoms with E-state index in [1.807, 2.05) is 24.4 Å². The molecule has 0 atom stereocenters. The maximum atomic E-state index is 12.2. The highest BCUT2D eigenvalue weighted by Gasteiger charge is 2.17. The number of likely N-dealkylation sites (N-methyl/N-ethyl adjacent to an activating group) is 1. The Hall–Kier alpha value is -0.980. The van der Waals surface area contributed by atoms with Crippen molar-refractivity contribution in [2.75, 3.05) is 13.1 Å². The molecule has 1 amide bonds. The van der Waals surface area contributed by atoms with Crippen LogP contribution in [0.1, 0.15) is 16.6 Å². The maximum absolute atomic E-state index is 12.2. The molecule has 90 valence electrons. The lowest BCUT2D eigenvalue weighted by atomic mass is 10.3. The number of carbonyl (C=O) groups is 1. The van der Waals surface area contributed by atoms with Crippen molar-refractivity contribution in [1.29, 1.82) is 0 Å². The Kier molecular flexibility index (Phi) is 3.76. The standard InChI is InChI=1S/C11H12N2OS3/c1-2-13(6-10(12)15)11(14)9-5-8-7(17-9)3-4-16-8/h3-5H,2,6H2,1H3,(H2,12,15). The van der Waals surface area contributed by atoms with E-state index in [-0.39, 0.29) is 5.91 Å². The van der Waals surface area contributed by atoms with Gasteiger partial charge in [0.25, 0.3) is 5.91 Å². The summed E-state index contributed by atoms with van der Waals surface area (Å²) < 4.78 is 2.31. The highest BCUT2D eigenvalue weighted by Crippen LogP contribution is 2.30. The molecule has 2 heterocycles. The lowest BCUT2D eigenvalue weighted by Crippen LogP contribution is -2.37. The Morgan fingerprint density at radius 1 is 1.53 bits per heavy atom.